The highest BCUT2D eigenvalue weighted by Crippen LogP contribution is 2.25. The van der Waals surface area contributed by atoms with Gasteiger partial charge in [0.1, 0.15) is 0 Å². The van der Waals surface area contributed by atoms with Gasteiger partial charge in [0.25, 0.3) is 0 Å². The minimum Gasteiger partial charge on any atom is -0.439 e. The van der Waals surface area contributed by atoms with Crippen LogP contribution in [0.4, 0.5) is 0 Å². The molecule has 0 rings (SSSR count). The quantitative estimate of drug-likeness (QED) is 0.0717. The number of hydrogen-bond donors (Lipinski definition) is 1. The molecule has 0 aromatic rings. The molecule has 0 spiro atoms. The first-order chi connectivity index (χ1) is 24.2. The molecular formula is C33H74O14Si3. The lowest BCUT2D eigenvalue weighted by Gasteiger charge is -2.37. The van der Waals surface area contributed by atoms with Crippen LogP contribution in [-0.2, 0) is 60.3 Å². The Kier molecular flexibility index (Phi) is 37.5. The molecule has 1 N–H and O–H groups in total. The van der Waals surface area contributed by atoms with Crippen molar-refractivity contribution in [1.82, 2.24) is 0 Å². The van der Waals surface area contributed by atoms with Crippen LogP contribution < -0.4 is 0 Å². The molecule has 0 aliphatic carbocycles. The summed E-state index contributed by atoms with van der Waals surface area (Å²) in [6, 6.07) is 2.15. The standard InChI is InChI=1S/C33H74O14Si3/c1-7-32-49(4,5)47-50(6,46-48(2)3)33-8-10-35-12-14-37-16-18-39-20-22-41-24-26-43-28-30-45-31-29-44-27-25-42-23-21-40-19-17-38-15-13-36-11-9-34/h34,48H,7-33H2,1-6H3. The van der Waals surface area contributed by atoms with Crippen LogP contribution >= 0.6 is 0 Å². The van der Waals surface area contributed by atoms with Crippen molar-refractivity contribution in [2.75, 3.05) is 152 Å². The van der Waals surface area contributed by atoms with E-state index in [1.807, 2.05) is 0 Å². The summed E-state index contributed by atoms with van der Waals surface area (Å²) in [6.07, 6.45) is 2.12. The Bertz CT molecular complexity index is 688. The van der Waals surface area contributed by atoms with E-state index in [0.29, 0.717) is 145 Å². The molecule has 14 nitrogen and oxygen atoms in total. The largest absolute Gasteiger partial charge is 0.439 e. The number of aliphatic hydroxyl groups excluding tert-OH is 1. The maximum atomic E-state index is 8.59. The minimum atomic E-state index is -2.15. The van der Waals surface area contributed by atoms with Gasteiger partial charge in [-0.05, 0) is 51.2 Å². The Hall–Kier alpha value is 0.0906. The molecule has 0 saturated heterocycles. The highest BCUT2D eigenvalue weighted by Gasteiger charge is 2.38. The van der Waals surface area contributed by atoms with Gasteiger partial charge in [-0.1, -0.05) is 13.3 Å². The Labute approximate surface area is 307 Å². The Morgan fingerprint density at radius 1 is 0.420 bits per heavy atom. The van der Waals surface area contributed by atoms with Crippen molar-refractivity contribution in [2.45, 2.75) is 64.6 Å². The molecule has 50 heavy (non-hydrogen) atoms. The zero-order valence-corrected chi connectivity index (χ0v) is 35.6. The van der Waals surface area contributed by atoms with Gasteiger partial charge < -0.3 is 65.4 Å². The summed E-state index contributed by atoms with van der Waals surface area (Å²) in [5.74, 6) is 0. The molecule has 0 aromatic carbocycles. The molecule has 17 heteroatoms. The summed E-state index contributed by atoms with van der Waals surface area (Å²) in [4.78, 5) is 0. The molecule has 0 aliphatic heterocycles. The van der Waals surface area contributed by atoms with Gasteiger partial charge in [-0.2, -0.15) is 0 Å². The van der Waals surface area contributed by atoms with E-state index in [-0.39, 0.29) is 6.61 Å². The monoisotopic (exact) mass is 778 g/mol. The van der Waals surface area contributed by atoms with Gasteiger partial charge in [0.2, 0.25) is 0 Å². The first-order valence-corrected chi connectivity index (χ1v) is 27.0. The highest BCUT2D eigenvalue weighted by molar-refractivity contribution is 6.85. The average molecular weight is 779 g/mol. The predicted octanol–water partition coefficient (Wildman–Crippen LogP) is 3.26. The topological polar surface area (TPSA) is 140 Å². The zero-order chi connectivity index (χ0) is 36.9. The number of aliphatic hydroxyl groups is 1. The lowest BCUT2D eigenvalue weighted by Crippen LogP contribution is -2.50. The van der Waals surface area contributed by atoms with Crippen LogP contribution in [0.2, 0.25) is 44.8 Å². The highest BCUT2D eigenvalue weighted by atomic mass is 28.5. The lowest BCUT2D eigenvalue weighted by molar-refractivity contribution is -0.0278. The fourth-order valence-electron chi connectivity index (χ4n) is 4.73. The van der Waals surface area contributed by atoms with E-state index in [9.17, 15) is 0 Å². The third-order valence-corrected chi connectivity index (χ3v) is 17.5. The van der Waals surface area contributed by atoms with Crippen LogP contribution in [0.3, 0.4) is 0 Å². The first-order valence-electron chi connectivity index (χ1n) is 18.6. The van der Waals surface area contributed by atoms with Crippen molar-refractivity contribution in [2.24, 2.45) is 0 Å². The molecule has 0 radical (unpaired) electrons. The lowest BCUT2D eigenvalue weighted by atomic mass is 10.5. The second kappa shape index (κ2) is 37.4. The zero-order valence-electron chi connectivity index (χ0n) is 32.4. The summed E-state index contributed by atoms with van der Waals surface area (Å²) in [5, 5.41) is 8.59. The predicted molar refractivity (Wildman–Crippen MR) is 201 cm³/mol. The molecule has 1 unspecified atom stereocenters. The molecule has 0 aromatic heterocycles. The number of hydrogen-bond acceptors (Lipinski definition) is 14. The fraction of sp³-hybridized carbons (Fsp3) is 1.00. The van der Waals surface area contributed by atoms with Crippen LogP contribution in [-0.4, -0.2) is 183 Å². The summed E-state index contributed by atoms with van der Waals surface area (Å²) in [5.41, 5.74) is 0. The van der Waals surface area contributed by atoms with Crippen molar-refractivity contribution in [3.63, 3.8) is 0 Å². The average Bonchev–Trinajstić information content (AvgIpc) is 3.05. The van der Waals surface area contributed by atoms with Crippen LogP contribution in [0, 0.1) is 0 Å². The van der Waals surface area contributed by atoms with Crippen molar-refractivity contribution >= 4 is 25.9 Å². The maximum Gasteiger partial charge on any atom is 0.314 e. The van der Waals surface area contributed by atoms with E-state index >= 15 is 0 Å². The van der Waals surface area contributed by atoms with Crippen molar-refractivity contribution in [3.8, 4) is 0 Å². The molecule has 1 atom stereocenters. The second-order valence-electron chi connectivity index (χ2n) is 12.5. The number of rotatable bonds is 42. The Morgan fingerprint density at radius 2 is 0.700 bits per heavy atom. The van der Waals surface area contributed by atoms with Crippen molar-refractivity contribution in [3.05, 3.63) is 0 Å². The summed E-state index contributed by atoms with van der Waals surface area (Å²) >= 11 is 0. The van der Waals surface area contributed by atoms with E-state index in [1.54, 1.807) is 0 Å². The van der Waals surface area contributed by atoms with Gasteiger partial charge in [0.05, 0.1) is 145 Å². The first kappa shape index (κ1) is 50.1. The number of ether oxygens (including phenoxy) is 11. The van der Waals surface area contributed by atoms with E-state index in [1.165, 1.54) is 12.5 Å². The van der Waals surface area contributed by atoms with Crippen LogP contribution in [0.15, 0.2) is 0 Å². The summed E-state index contributed by atoms with van der Waals surface area (Å²) in [7, 11) is -4.99. The Balaban J connectivity index is 3.32. The SMILES string of the molecule is CCC[Si](C)(C)O[Si](C)(CCCOCCOCCOCCOCCOCCOCCOCCOCCOCCOCCOCCO)O[SiH](C)C. The van der Waals surface area contributed by atoms with Crippen LogP contribution in [0.1, 0.15) is 19.8 Å². The van der Waals surface area contributed by atoms with Gasteiger partial charge in [0, 0.05) is 6.61 Å². The van der Waals surface area contributed by atoms with Gasteiger partial charge in [-0.25, -0.2) is 0 Å². The maximum absolute atomic E-state index is 8.59. The smallest absolute Gasteiger partial charge is 0.314 e. The van der Waals surface area contributed by atoms with Crippen molar-refractivity contribution in [1.29, 1.82) is 0 Å². The molecule has 0 saturated carbocycles. The van der Waals surface area contributed by atoms with Gasteiger partial charge >= 0.3 is 8.56 Å². The second-order valence-corrected chi connectivity index (χ2v) is 23.1. The molecule has 0 heterocycles. The fourth-order valence-corrected chi connectivity index (χ4v) is 17.3. The van der Waals surface area contributed by atoms with Gasteiger partial charge in [0.15, 0.2) is 17.4 Å². The van der Waals surface area contributed by atoms with Gasteiger partial charge in [-0.3, -0.25) is 0 Å². The molecule has 0 aliphatic rings. The molecule has 0 amide bonds. The molecule has 302 valence electrons. The van der Waals surface area contributed by atoms with E-state index in [2.05, 4.69) is 39.7 Å². The summed E-state index contributed by atoms with van der Waals surface area (Å²) < 4.78 is 73.4. The van der Waals surface area contributed by atoms with Gasteiger partial charge in [-0.15, -0.1) is 0 Å². The van der Waals surface area contributed by atoms with Crippen LogP contribution in [0.5, 0.6) is 0 Å². The summed E-state index contributed by atoms with van der Waals surface area (Å²) in [6.45, 7) is 24.9. The normalized spacial score (nSPS) is 13.4. The third-order valence-electron chi connectivity index (χ3n) is 6.70. The minimum absolute atomic E-state index is 0.0257. The van der Waals surface area contributed by atoms with Crippen LogP contribution in [0.25, 0.3) is 0 Å². The van der Waals surface area contributed by atoms with E-state index < -0.39 is 25.9 Å². The molecule has 0 fully saturated rings. The molecule has 0 bridgehead atoms. The Morgan fingerprint density at radius 3 is 0.960 bits per heavy atom. The third kappa shape index (κ3) is 37.8. The van der Waals surface area contributed by atoms with E-state index in [4.69, 9.17) is 65.4 Å². The van der Waals surface area contributed by atoms with E-state index in [0.717, 1.165) is 12.5 Å². The van der Waals surface area contributed by atoms with Crippen molar-refractivity contribution < 1.29 is 65.4 Å². The molecular weight excluding hydrogens is 705 g/mol.